The van der Waals surface area contributed by atoms with Gasteiger partial charge in [0, 0.05) is 35.5 Å². The minimum absolute atomic E-state index is 0.0841. The second-order valence-corrected chi connectivity index (χ2v) is 9.52. The largest absolute Gasteiger partial charge is 0.497 e. The van der Waals surface area contributed by atoms with E-state index in [2.05, 4.69) is 28.1 Å². The van der Waals surface area contributed by atoms with E-state index in [1.807, 2.05) is 12.1 Å². The molecule has 1 unspecified atom stereocenters. The van der Waals surface area contributed by atoms with Crippen LogP contribution in [0.5, 0.6) is 5.75 Å². The normalized spacial score (nSPS) is 25.2. The number of likely N-dealkylation sites (tertiary alicyclic amines) is 1. The van der Waals surface area contributed by atoms with Gasteiger partial charge >= 0.3 is 0 Å². The summed E-state index contributed by atoms with van der Waals surface area (Å²) in [6, 6.07) is 13.7. The second-order valence-electron chi connectivity index (χ2n) is 9.52. The second kappa shape index (κ2) is 6.84. The molecule has 0 spiro atoms. The average molecular weight is 419 g/mol. The lowest BCUT2D eigenvalue weighted by atomic mass is 9.58. The molecule has 3 aliphatic rings. The first-order chi connectivity index (χ1) is 15.1. The summed E-state index contributed by atoms with van der Waals surface area (Å²) in [5.41, 5.74) is 4.15. The molecule has 6 rings (SSSR count). The van der Waals surface area contributed by atoms with E-state index in [0.717, 1.165) is 62.0 Å². The number of methoxy groups -OCH3 is 1. The van der Waals surface area contributed by atoms with Crippen LogP contribution in [0, 0.1) is 17.7 Å². The highest BCUT2D eigenvalue weighted by Crippen LogP contribution is 2.50. The molecular weight excluding hydrogens is 391 g/mol. The third kappa shape index (κ3) is 2.89. The number of carbonyl (C=O) groups excluding carboxylic acids is 1. The van der Waals surface area contributed by atoms with Gasteiger partial charge in [0.1, 0.15) is 11.6 Å². The molecule has 1 aliphatic heterocycles. The van der Waals surface area contributed by atoms with E-state index in [1.54, 1.807) is 13.2 Å². The maximum atomic E-state index is 14.5. The summed E-state index contributed by atoms with van der Waals surface area (Å²) < 4.78 is 20.1. The Morgan fingerprint density at radius 2 is 2.06 bits per heavy atom. The van der Waals surface area contributed by atoms with Gasteiger partial charge in [-0.25, -0.2) is 4.39 Å². The van der Waals surface area contributed by atoms with E-state index in [-0.39, 0.29) is 17.2 Å². The van der Waals surface area contributed by atoms with Crippen LogP contribution in [0.25, 0.3) is 10.9 Å². The number of benzene rings is 2. The highest BCUT2D eigenvalue weighted by Gasteiger charge is 2.50. The van der Waals surface area contributed by atoms with Crippen molar-refractivity contribution in [2.45, 2.75) is 37.5 Å². The third-order valence-corrected chi connectivity index (χ3v) is 7.85. The van der Waals surface area contributed by atoms with Gasteiger partial charge in [0.05, 0.1) is 12.6 Å². The fourth-order valence-electron chi connectivity index (χ4n) is 6.00. The van der Waals surface area contributed by atoms with E-state index in [4.69, 9.17) is 4.74 Å². The molecule has 1 amide bonds. The Hall–Kier alpha value is -2.82. The van der Waals surface area contributed by atoms with Crippen molar-refractivity contribution < 1.29 is 13.9 Å². The number of rotatable bonds is 3. The number of para-hydroxylation sites is 1. The summed E-state index contributed by atoms with van der Waals surface area (Å²) in [7, 11) is 1.70. The minimum atomic E-state index is -0.198. The van der Waals surface area contributed by atoms with Crippen molar-refractivity contribution in [2.24, 2.45) is 11.8 Å². The molecule has 31 heavy (non-hydrogen) atoms. The number of aromatic nitrogens is 1. The van der Waals surface area contributed by atoms with Crippen LogP contribution in [0.3, 0.4) is 0 Å². The van der Waals surface area contributed by atoms with Crippen LogP contribution in [0.1, 0.15) is 36.1 Å². The number of piperidine rings is 1. The number of ether oxygens (including phenoxy) is 1. The van der Waals surface area contributed by atoms with Crippen molar-refractivity contribution in [3.8, 4) is 5.75 Å². The molecule has 2 fully saturated rings. The SMILES string of the molecule is COc1cccc([C@]23CCN(C(=O)C4CC4)CC2Cc2c([nH]c4c(F)cccc24)C3)c1. The predicted molar refractivity (Wildman–Crippen MR) is 118 cm³/mol. The van der Waals surface area contributed by atoms with Crippen molar-refractivity contribution >= 4 is 16.8 Å². The van der Waals surface area contributed by atoms with Crippen LogP contribution in [-0.4, -0.2) is 36.0 Å². The fraction of sp³-hybridized carbons (Fsp3) is 0.423. The molecule has 1 saturated heterocycles. The molecule has 0 bridgehead atoms. The molecule has 2 aromatic carbocycles. The van der Waals surface area contributed by atoms with Crippen LogP contribution in [-0.2, 0) is 23.1 Å². The number of carbonyl (C=O) groups is 1. The van der Waals surface area contributed by atoms with Crippen LogP contribution in [0.15, 0.2) is 42.5 Å². The Labute approximate surface area is 181 Å². The molecule has 2 aliphatic carbocycles. The standard InChI is InChI=1S/C26H27FN2O2/c1-31-19-5-2-4-17(12-19)26-10-11-29(25(30)16-8-9-16)15-18(26)13-21-20-6-3-7-22(27)24(20)28-23(21)14-26/h2-7,12,16,18,28H,8-11,13-15H2,1H3/t18?,26-/m1/s1. The number of nitrogens with zero attached hydrogens (tertiary/aromatic N) is 1. The van der Waals surface area contributed by atoms with Crippen LogP contribution < -0.4 is 4.74 Å². The highest BCUT2D eigenvalue weighted by molar-refractivity contribution is 5.86. The number of nitrogens with one attached hydrogen (secondary N) is 1. The molecule has 3 aromatic rings. The topological polar surface area (TPSA) is 45.3 Å². The molecule has 4 nitrogen and oxygen atoms in total. The molecule has 2 heterocycles. The van der Waals surface area contributed by atoms with E-state index in [0.29, 0.717) is 17.3 Å². The van der Waals surface area contributed by atoms with Gasteiger partial charge in [0.15, 0.2) is 0 Å². The van der Waals surface area contributed by atoms with Gasteiger partial charge in [0.2, 0.25) is 5.91 Å². The number of amides is 1. The molecular formula is C26H27FN2O2. The summed E-state index contributed by atoms with van der Waals surface area (Å²) in [6.07, 6.45) is 4.67. The Kier molecular flexibility index (Phi) is 4.17. The maximum Gasteiger partial charge on any atom is 0.225 e. The zero-order valence-electron chi connectivity index (χ0n) is 17.8. The quantitative estimate of drug-likeness (QED) is 0.675. The Morgan fingerprint density at radius 1 is 1.23 bits per heavy atom. The summed E-state index contributed by atoms with van der Waals surface area (Å²) in [6.45, 7) is 1.56. The number of fused-ring (bicyclic) bond motifs is 4. The Morgan fingerprint density at radius 3 is 2.87 bits per heavy atom. The predicted octanol–water partition coefficient (Wildman–Crippen LogP) is 4.61. The van der Waals surface area contributed by atoms with Crippen LogP contribution in [0.4, 0.5) is 4.39 Å². The minimum Gasteiger partial charge on any atom is -0.497 e. The zero-order valence-corrected chi connectivity index (χ0v) is 17.8. The van der Waals surface area contributed by atoms with E-state index < -0.39 is 0 Å². The van der Waals surface area contributed by atoms with E-state index in [1.165, 1.54) is 17.2 Å². The first-order valence-electron chi connectivity index (χ1n) is 11.3. The van der Waals surface area contributed by atoms with Gasteiger partial charge < -0.3 is 14.6 Å². The molecule has 1 saturated carbocycles. The van der Waals surface area contributed by atoms with Crippen molar-refractivity contribution in [3.63, 3.8) is 0 Å². The number of H-pyrrole nitrogens is 1. The van der Waals surface area contributed by atoms with E-state index >= 15 is 0 Å². The summed E-state index contributed by atoms with van der Waals surface area (Å²) in [4.78, 5) is 18.4. The van der Waals surface area contributed by atoms with Gasteiger partial charge in [-0.05, 0) is 67.3 Å². The smallest absolute Gasteiger partial charge is 0.225 e. The maximum absolute atomic E-state index is 14.5. The lowest BCUT2D eigenvalue weighted by molar-refractivity contribution is -0.135. The first kappa shape index (κ1) is 18.9. The number of hydrogen-bond donors (Lipinski definition) is 1. The van der Waals surface area contributed by atoms with Gasteiger partial charge in [-0.1, -0.05) is 24.3 Å². The first-order valence-corrected chi connectivity index (χ1v) is 11.3. The highest BCUT2D eigenvalue weighted by atomic mass is 19.1. The van der Waals surface area contributed by atoms with Crippen molar-refractivity contribution in [2.75, 3.05) is 20.2 Å². The number of hydrogen-bond acceptors (Lipinski definition) is 2. The molecule has 160 valence electrons. The summed E-state index contributed by atoms with van der Waals surface area (Å²) in [5, 5.41) is 0.986. The molecule has 0 radical (unpaired) electrons. The monoisotopic (exact) mass is 418 g/mol. The van der Waals surface area contributed by atoms with Gasteiger partial charge in [-0.2, -0.15) is 0 Å². The van der Waals surface area contributed by atoms with Crippen molar-refractivity contribution in [1.82, 2.24) is 9.88 Å². The molecule has 5 heteroatoms. The summed E-state index contributed by atoms with van der Waals surface area (Å²) in [5.74, 6) is 1.53. The van der Waals surface area contributed by atoms with Gasteiger partial charge in [-0.3, -0.25) is 4.79 Å². The zero-order chi connectivity index (χ0) is 21.2. The molecule has 2 atom stereocenters. The lowest BCUT2D eigenvalue weighted by Crippen LogP contribution is -2.55. The third-order valence-electron chi connectivity index (χ3n) is 7.85. The number of halogens is 1. The van der Waals surface area contributed by atoms with Crippen LogP contribution in [0.2, 0.25) is 0 Å². The average Bonchev–Trinajstić information content (AvgIpc) is 3.59. The Balaban J connectivity index is 1.46. The fourth-order valence-corrected chi connectivity index (χ4v) is 6.00. The van der Waals surface area contributed by atoms with Crippen molar-refractivity contribution in [1.29, 1.82) is 0 Å². The van der Waals surface area contributed by atoms with Crippen LogP contribution >= 0.6 is 0 Å². The van der Waals surface area contributed by atoms with Crippen molar-refractivity contribution in [3.05, 3.63) is 65.1 Å². The van der Waals surface area contributed by atoms with Gasteiger partial charge in [-0.15, -0.1) is 0 Å². The Bertz CT molecular complexity index is 1180. The summed E-state index contributed by atoms with van der Waals surface area (Å²) >= 11 is 0. The molecule has 1 aromatic heterocycles. The molecule has 1 N–H and O–H groups in total. The lowest BCUT2D eigenvalue weighted by Gasteiger charge is -2.51. The van der Waals surface area contributed by atoms with Gasteiger partial charge in [0.25, 0.3) is 0 Å². The van der Waals surface area contributed by atoms with E-state index in [9.17, 15) is 9.18 Å². The number of aromatic amines is 1.